The normalized spacial score (nSPS) is 11.6. The molecule has 0 bridgehead atoms. The molecule has 0 aliphatic heterocycles. The number of aromatic hydroxyl groups is 1. The number of carbonyl (C=O) groups is 2. The minimum absolute atomic E-state index is 0.0500. The first-order valence-corrected chi connectivity index (χ1v) is 7.70. The molecule has 0 saturated heterocycles. The zero-order valence-corrected chi connectivity index (χ0v) is 13.8. The van der Waals surface area contributed by atoms with Crippen molar-refractivity contribution in [2.24, 2.45) is 0 Å². The maximum absolute atomic E-state index is 13.0. The van der Waals surface area contributed by atoms with Gasteiger partial charge in [0.25, 0.3) is 0 Å². The Morgan fingerprint density at radius 3 is 2.46 bits per heavy atom. The first-order chi connectivity index (χ1) is 11.5. The maximum Gasteiger partial charge on any atom is 0.334 e. The van der Waals surface area contributed by atoms with Crippen molar-refractivity contribution in [2.45, 2.75) is 19.8 Å². The molecule has 0 saturated carbocycles. The number of ketones is 1. The molecule has 0 fully saturated rings. The molecule has 0 aliphatic rings. The van der Waals surface area contributed by atoms with Crippen molar-refractivity contribution in [3.63, 3.8) is 0 Å². The predicted octanol–water partition coefficient (Wildman–Crippen LogP) is 3.79. The summed E-state index contributed by atoms with van der Waals surface area (Å²) in [7, 11) is 0. The SMILES string of the molecule is C=C(C(=O)OCC)C(C(=O)c1cc(C)ccc1O)c1ccccc1. The van der Waals surface area contributed by atoms with Crippen LogP contribution in [0.1, 0.15) is 34.3 Å². The predicted molar refractivity (Wildman–Crippen MR) is 92.1 cm³/mol. The largest absolute Gasteiger partial charge is 0.507 e. The van der Waals surface area contributed by atoms with Gasteiger partial charge in [0.1, 0.15) is 5.75 Å². The molecule has 4 heteroatoms. The fraction of sp³-hybridized carbons (Fsp3) is 0.200. The van der Waals surface area contributed by atoms with Crippen LogP contribution in [0, 0.1) is 6.92 Å². The maximum atomic E-state index is 13.0. The van der Waals surface area contributed by atoms with E-state index in [9.17, 15) is 14.7 Å². The van der Waals surface area contributed by atoms with Gasteiger partial charge in [-0.25, -0.2) is 4.79 Å². The van der Waals surface area contributed by atoms with E-state index >= 15 is 0 Å². The molecular weight excluding hydrogens is 304 g/mol. The monoisotopic (exact) mass is 324 g/mol. The Morgan fingerprint density at radius 2 is 1.83 bits per heavy atom. The molecule has 1 unspecified atom stereocenters. The van der Waals surface area contributed by atoms with Crippen LogP contribution in [0.4, 0.5) is 0 Å². The number of phenolic OH excluding ortho intramolecular Hbond substituents is 1. The smallest absolute Gasteiger partial charge is 0.334 e. The van der Waals surface area contributed by atoms with Gasteiger partial charge >= 0.3 is 5.97 Å². The number of esters is 1. The van der Waals surface area contributed by atoms with Crippen LogP contribution >= 0.6 is 0 Å². The van der Waals surface area contributed by atoms with E-state index in [1.165, 1.54) is 6.07 Å². The van der Waals surface area contributed by atoms with Crippen molar-refractivity contribution >= 4 is 11.8 Å². The van der Waals surface area contributed by atoms with Gasteiger partial charge in [-0.05, 0) is 31.5 Å². The van der Waals surface area contributed by atoms with Crippen molar-refractivity contribution < 1.29 is 19.4 Å². The van der Waals surface area contributed by atoms with E-state index in [0.29, 0.717) is 5.56 Å². The standard InChI is InChI=1S/C20H20O4/c1-4-24-20(23)14(3)18(15-8-6-5-7-9-15)19(22)16-12-13(2)10-11-17(16)21/h5-12,18,21H,3-4H2,1-2H3. The molecule has 0 amide bonds. The Bertz CT molecular complexity index is 762. The first-order valence-electron chi connectivity index (χ1n) is 7.70. The van der Waals surface area contributed by atoms with E-state index in [0.717, 1.165) is 5.56 Å². The number of ether oxygens (including phenoxy) is 1. The number of aryl methyl sites for hydroxylation is 1. The molecule has 0 heterocycles. The minimum atomic E-state index is -0.905. The lowest BCUT2D eigenvalue weighted by Gasteiger charge is -2.19. The van der Waals surface area contributed by atoms with E-state index < -0.39 is 11.9 Å². The lowest BCUT2D eigenvalue weighted by molar-refractivity contribution is -0.138. The lowest BCUT2D eigenvalue weighted by atomic mass is 9.84. The van der Waals surface area contributed by atoms with Crippen molar-refractivity contribution in [1.82, 2.24) is 0 Å². The molecule has 4 nitrogen and oxygen atoms in total. The first kappa shape index (κ1) is 17.5. The Morgan fingerprint density at radius 1 is 1.17 bits per heavy atom. The van der Waals surface area contributed by atoms with E-state index in [-0.39, 0.29) is 29.3 Å². The quantitative estimate of drug-likeness (QED) is 0.499. The number of benzene rings is 2. The molecule has 2 aromatic rings. The second-order valence-corrected chi connectivity index (χ2v) is 5.47. The second-order valence-electron chi connectivity index (χ2n) is 5.47. The van der Waals surface area contributed by atoms with Crippen LogP contribution < -0.4 is 0 Å². The third-order valence-electron chi connectivity index (χ3n) is 3.70. The lowest BCUT2D eigenvalue weighted by Crippen LogP contribution is -2.21. The van der Waals surface area contributed by atoms with E-state index in [4.69, 9.17) is 4.74 Å². The molecule has 124 valence electrons. The Balaban J connectivity index is 2.50. The summed E-state index contributed by atoms with van der Waals surface area (Å²) in [6, 6.07) is 13.7. The summed E-state index contributed by atoms with van der Waals surface area (Å²) in [5.41, 5.74) is 1.68. The molecule has 0 aliphatic carbocycles. The Hall–Kier alpha value is -2.88. The molecule has 24 heavy (non-hydrogen) atoms. The molecule has 0 spiro atoms. The highest BCUT2D eigenvalue weighted by atomic mass is 16.5. The topological polar surface area (TPSA) is 63.6 Å². The van der Waals surface area contributed by atoms with Crippen LogP contribution in [0.3, 0.4) is 0 Å². The van der Waals surface area contributed by atoms with Gasteiger partial charge in [-0.15, -0.1) is 0 Å². The summed E-state index contributed by atoms with van der Waals surface area (Å²) in [5.74, 6) is -2.03. The van der Waals surface area contributed by atoms with Crippen LogP contribution in [0.5, 0.6) is 5.75 Å². The molecular formula is C20H20O4. The molecule has 1 atom stereocenters. The fourth-order valence-corrected chi connectivity index (χ4v) is 2.50. The van der Waals surface area contributed by atoms with Gasteiger partial charge in [0.2, 0.25) is 0 Å². The number of rotatable bonds is 6. The zero-order valence-electron chi connectivity index (χ0n) is 13.8. The third-order valence-corrected chi connectivity index (χ3v) is 3.70. The van der Waals surface area contributed by atoms with Crippen LogP contribution in [0.2, 0.25) is 0 Å². The van der Waals surface area contributed by atoms with Crippen molar-refractivity contribution in [3.8, 4) is 5.75 Å². The summed E-state index contributed by atoms with van der Waals surface area (Å²) in [6.07, 6.45) is 0. The number of hydrogen-bond acceptors (Lipinski definition) is 4. The van der Waals surface area contributed by atoms with Gasteiger partial charge in [-0.1, -0.05) is 48.5 Å². The van der Waals surface area contributed by atoms with Gasteiger partial charge in [0.15, 0.2) is 5.78 Å². The summed E-state index contributed by atoms with van der Waals surface area (Å²) >= 11 is 0. The number of hydrogen-bond donors (Lipinski definition) is 1. The third kappa shape index (κ3) is 3.71. The molecule has 0 radical (unpaired) electrons. The van der Waals surface area contributed by atoms with Crippen LogP contribution in [-0.2, 0) is 9.53 Å². The van der Waals surface area contributed by atoms with Gasteiger partial charge in [0, 0.05) is 5.57 Å². The summed E-state index contributed by atoms with van der Waals surface area (Å²) < 4.78 is 4.99. The summed E-state index contributed by atoms with van der Waals surface area (Å²) in [6.45, 7) is 7.49. The van der Waals surface area contributed by atoms with Crippen LogP contribution in [0.25, 0.3) is 0 Å². The van der Waals surface area contributed by atoms with Gasteiger partial charge in [0.05, 0.1) is 18.1 Å². The summed E-state index contributed by atoms with van der Waals surface area (Å²) in [4.78, 5) is 25.1. The number of Topliss-reactive ketones (excluding diaryl/α,β-unsaturated/α-hetero) is 1. The van der Waals surface area contributed by atoms with Crippen LogP contribution in [-0.4, -0.2) is 23.5 Å². The van der Waals surface area contributed by atoms with Crippen molar-refractivity contribution in [1.29, 1.82) is 0 Å². The van der Waals surface area contributed by atoms with Crippen molar-refractivity contribution in [3.05, 3.63) is 77.4 Å². The Kier molecular flexibility index (Phi) is 5.53. The van der Waals surface area contributed by atoms with Crippen LogP contribution in [0.15, 0.2) is 60.7 Å². The second kappa shape index (κ2) is 7.59. The number of carbonyl (C=O) groups excluding carboxylic acids is 2. The van der Waals surface area contributed by atoms with E-state index in [2.05, 4.69) is 6.58 Å². The molecule has 1 N–H and O–H groups in total. The highest BCUT2D eigenvalue weighted by molar-refractivity contribution is 6.09. The number of phenols is 1. The van der Waals surface area contributed by atoms with E-state index in [1.54, 1.807) is 43.3 Å². The van der Waals surface area contributed by atoms with Crippen molar-refractivity contribution in [2.75, 3.05) is 6.61 Å². The summed E-state index contributed by atoms with van der Waals surface area (Å²) in [5, 5.41) is 10.1. The highest BCUT2D eigenvalue weighted by Gasteiger charge is 2.31. The minimum Gasteiger partial charge on any atom is -0.507 e. The molecule has 2 aromatic carbocycles. The Labute approximate surface area is 141 Å². The highest BCUT2D eigenvalue weighted by Crippen LogP contribution is 2.31. The van der Waals surface area contributed by atoms with Gasteiger partial charge < -0.3 is 9.84 Å². The van der Waals surface area contributed by atoms with Gasteiger partial charge in [-0.2, -0.15) is 0 Å². The fourth-order valence-electron chi connectivity index (χ4n) is 2.50. The molecule has 0 aromatic heterocycles. The average Bonchev–Trinajstić information content (AvgIpc) is 2.58. The van der Waals surface area contributed by atoms with E-state index in [1.807, 2.05) is 13.0 Å². The van der Waals surface area contributed by atoms with Gasteiger partial charge in [-0.3, -0.25) is 4.79 Å². The zero-order chi connectivity index (χ0) is 17.7. The molecule has 2 rings (SSSR count). The average molecular weight is 324 g/mol.